The van der Waals surface area contributed by atoms with Crippen LogP contribution in [0.25, 0.3) is 11.1 Å². The summed E-state index contributed by atoms with van der Waals surface area (Å²) in [6.07, 6.45) is 1.30. The quantitative estimate of drug-likeness (QED) is 0.769. The van der Waals surface area contributed by atoms with Crippen molar-refractivity contribution in [3.05, 3.63) is 75.9 Å². The van der Waals surface area contributed by atoms with E-state index in [2.05, 4.69) is 15.3 Å². The zero-order chi connectivity index (χ0) is 15.5. The predicted molar refractivity (Wildman–Crippen MR) is 85.0 cm³/mol. The predicted octanol–water partition coefficient (Wildman–Crippen LogP) is 3.97. The number of benzene rings is 2. The van der Waals surface area contributed by atoms with Crippen molar-refractivity contribution in [2.24, 2.45) is 0 Å². The topological polar surface area (TPSA) is 57.8 Å². The van der Waals surface area contributed by atoms with Crippen molar-refractivity contribution >= 4 is 23.2 Å². The largest absolute Gasteiger partial charge is 0.326 e. The summed E-state index contributed by atoms with van der Waals surface area (Å²) in [4.78, 5) is 18.8. The highest BCUT2D eigenvalue weighted by Crippen LogP contribution is 2.27. The summed E-state index contributed by atoms with van der Waals surface area (Å²) in [6, 6.07) is 13.5. The molecule has 0 aliphatic heterocycles. The number of nitrogens with zero attached hydrogens (tertiary/aromatic N) is 1. The molecule has 22 heavy (non-hydrogen) atoms. The zero-order valence-electron chi connectivity index (χ0n) is 11.3. The maximum absolute atomic E-state index is 13.9. The van der Waals surface area contributed by atoms with E-state index in [-0.39, 0.29) is 22.1 Å². The SMILES string of the molecule is O=c1[nH]c(Nc2ccccc2)ncc1-c1c(F)cccc1Cl. The molecule has 3 rings (SSSR count). The minimum absolute atomic E-state index is 0.0455. The smallest absolute Gasteiger partial charge is 0.260 e. The summed E-state index contributed by atoms with van der Waals surface area (Å²) in [5.74, 6) is -0.295. The van der Waals surface area contributed by atoms with Crippen LogP contribution in [0.15, 0.2) is 59.5 Å². The normalized spacial score (nSPS) is 10.5. The van der Waals surface area contributed by atoms with Crippen LogP contribution in [0, 0.1) is 5.82 Å². The number of hydrogen-bond donors (Lipinski definition) is 2. The highest BCUT2D eigenvalue weighted by Gasteiger charge is 2.14. The van der Waals surface area contributed by atoms with E-state index in [1.165, 1.54) is 24.4 Å². The van der Waals surface area contributed by atoms with Gasteiger partial charge in [-0.05, 0) is 24.3 Å². The summed E-state index contributed by atoms with van der Waals surface area (Å²) < 4.78 is 13.9. The number of anilines is 2. The third-order valence-electron chi connectivity index (χ3n) is 3.07. The number of rotatable bonds is 3. The Hall–Kier alpha value is -2.66. The highest BCUT2D eigenvalue weighted by atomic mass is 35.5. The Morgan fingerprint density at radius 2 is 1.86 bits per heavy atom. The average molecular weight is 316 g/mol. The van der Waals surface area contributed by atoms with Gasteiger partial charge in [0.1, 0.15) is 5.82 Å². The summed E-state index contributed by atoms with van der Waals surface area (Å²) in [7, 11) is 0. The average Bonchev–Trinajstić information content (AvgIpc) is 2.50. The molecule has 2 aromatic carbocycles. The lowest BCUT2D eigenvalue weighted by atomic mass is 10.1. The molecule has 0 saturated carbocycles. The third-order valence-corrected chi connectivity index (χ3v) is 3.38. The van der Waals surface area contributed by atoms with Crippen LogP contribution >= 0.6 is 11.6 Å². The van der Waals surface area contributed by atoms with Crippen molar-refractivity contribution in [1.82, 2.24) is 9.97 Å². The van der Waals surface area contributed by atoms with Gasteiger partial charge in [0.25, 0.3) is 5.56 Å². The van der Waals surface area contributed by atoms with Crippen LogP contribution in [0.1, 0.15) is 0 Å². The molecule has 0 bridgehead atoms. The Morgan fingerprint density at radius 3 is 2.55 bits per heavy atom. The van der Waals surface area contributed by atoms with Crippen LogP contribution in [-0.4, -0.2) is 9.97 Å². The Bertz CT molecular complexity index is 845. The van der Waals surface area contributed by atoms with Crippen LogP contribution in [0.2, 0.25) is 5.02 Å². The maximum atomic E-state index is 13.9. The first-order chi connectivity index (χ1) is 10.6. The van der Waals surface area contributed by atoms with Gasteiger partial charge in [0, 0.05) is 17.4 Å². The molecule has 1 aromatic heterocycles. The summed E-state index contributed by atoms with van der Waals surface area (Å²) in [6.45, 7) is 0. The van der Waals surface area contributed by atoms with Gasteiger partial charge < -0.3 is 5.32 Å². The highest BCUT2D eigenvalue weighted by molar-refractivity contribution is 6.33. The van der Waals surface area contributed by atoms with Gasteiger partial charge >= 0.3 is 0 Å². The van der Waals surface area contributed by atoms with Crippen molar-refractivity contribution in [3.8, 4) is 11.1 Å². The molecule has 0 aliphatic rings. The van der Waals surface area contributed by atoms with Crippen LogP contribution in [0.4, 0.5) is 16.0 Å². The van der Waals surface area contributed by atoms with E-state index >= 15 is 0 Å². The second kappa shape index (κ2) is 5.99. The minimum Gasteiger partial charge on any atom is -0.326 e. The van der Waals surface area contributed by atoms with Gasteiger partial charge in [0.15, 0.2) is 0 Å². The molecule has 0 saturated heterocycles. The van der Waals surface area contributed by atoms with E-state index in [1.807, 2.05) is 30.3 Å². The van der Waals surface area contributed by atoms with Gasteiger partial charge in [-0.15, -0.1) is 0 Å². The molecule has 1 heterocycles. The number of halogens is 2. The number of nitrogens with one attached hydrogen (secondary N) is 2. The zero-order valence-corrected chi connectivity index (χ0v) is 12.1. The molecule has 0 unspecified atom stereocenters. The van der Waals surface area contributed by atoms with E-state index in [4.69, 9.17) is 11.6 Å². The molecule has 4 nitrogen and oxygen atoms in total. The molecule has 6 heteroatoms. The fraction of sp³-hybridized carbons (Fsp3) is 0. The first-order valence-electron chi connectivity index (χ1n) is 6.51. The van der Waals surface area contributed by atoms with Gasteiger partial charge in [0.05, 0.1) is 10.6 Å². The molecule has 0 amide bonds. The first-order valence-corrected chi connectivity index (χ1v) is 6.89. The van der Waals surface area contributed by atoms with E-state index in [0.29, 0.717) is 0 Å². The number of aromatic amines is 1. The Balaban J connectivity index is 1.98. The lowest BCUT2D eigenvalue weighted by molar-refractivity contribution is 0.631. The fourth-order valence-electron chi connectivity index (χ4n) is 2.05. The number of para-hydroxylation sites is 1. The molecule has 2 N–H and O–H groups in total. The lowest BCUT2D eigenvalue weighted by Crippen LogP contribution is -2.13. The second-order valence-corrected chi connectivity index (χ2v) is 4.97. The van der Waals surface area contributed by atoms with Crippen LogP contribution in [0.3, 0.4) is 0 Å². The summed E-state index contributed by atoms with van der Waals surface area (Å²) in [5, 5.41) is 3.12. The standard InChI is InChI=1S/C16H11ClFN3O/c17-12-7-4-8-13(18)14(12)11-9-19-16(21-15(11)22)20-10-5-2-1-3-6-10/h1-9H,(H2,19,20,21,22). The van der Waals surface area contributed by atoms with E-state index in [0.717, 1.165) is 5.69 Å². The number of aromatic nitrogens is 2. The van der Waals surface area contributed by atoms with Crippen molar-refractivity contribution in [2.45, 2.75) is 0 Å². The Kier molecular flexibility index (Phi) is 3.89. The van der Waals surface area contributed by atoms with Crippen molar-refractivity contribution < 1.29 is 4.39 Å². The third kappa shape index (κ3) is 2.84. The maximum Gasteiger partial charge on any atom is 0.260 e. The fourth-order valence-corrected chi connectivity index (χ4v) is 2.31. The molecule has 0 spiro atoms. The van der Waals surface area contributed by atoms with Crippen LogP contribution < -0.4 is 10.9 Å². The minimum atomic E-state index is -0.566. The van der Waals surface area contributed by atoms with Crippen molar-refractivity contribution in [3.63, 3.8) is 0 Å². The lowest BCUT2D eigenvalue weighted by Gasteiger charge is -2.08. The van der Waals surface area contributed by atoms with E-state index < -0.39 is 11.4 Å². The second-order valence-electron chi connectivity index (χ2n) is 4.56. The van der Waals surface area contributed by atoms with Gasteiger partial charge in [-0.2, -0.15) is 0 Å². The summed E-state index contributed by atoms with van der Waals surface area (Å²) >= 11 is 5.97. The Labute approximate surface area is 130 Å². The molecule has 0 aliphatic carbocycles. The van der Waals surface area contributed by atoms with Crippen LogP contribution in [-0.2, 0) is 0 Å². The molecule has 0 radical (unpaired) electrons. The number of hydrogen-bond acceptors (Lipinski definition) is 3. The van der Waals surface area contributed by atoms with Gasteiger partial charge in [-0.25, -0.2) is 9.37 Å². The molecule has 0 fully saturated rings. The monoisotopic (exact) mass is 315 g/mol. The van der Waals surface area contributed by atoms with E-state index in [1.54, 1.807) is 0 Å². The van der Waals surface area contributed by atoms with Gasteiger partial charge in [0.2, 0.25) is 5.95 Å². The number of H-pyrrole nitrogens is 1. The summed E-state index contributed by atoms with van der Waals surface area (Å²) in [5.41, 5.74) is 0.439. The molecule has 3 aromatic rings. The van der Waals surface area contributed by atoms with Crippen molar-refractivity contribution in [1.29, 1.82) is 0 Å². The molecule has 0 atom stereocenters. The first kappa shape index (κ1) is 14.3. The molecular weight excluding hydrogens is 305 g/mol. The van der Waals surface area contributed by atoms with E-state index in [9.17, 15) is 9.18 Å². The Morgan fingerprint density at radius 1 is 1.09 bits per heavy atom. The van der Waals surface area contributed by atoms with Crippen molar-refractivity contribution in [2.75, 3.05) is 5.32 Å². The van der Waals surface area contributed by atoms with Crippen LogP contribution in [0.5, 0.6) is 0 Å². The van der Waals surface area contributed by atoms with Gasteiger partial charge in [-0.1, -0.05) is 35.9 Å². The molecule has 110 valence electrons. The van der Waals surface area contributed by atoms with Gasteiger partial charge in [-0.3, -0.25) is 9.78 Å². The molecular formula is C16H11ClFN3O.